The average Bonchev–Trinajstić information content (AvgIpc) is 3.21. The third-order valence-electron chi connectivity index (χ3n) is 4.86. The van der Waals surface area contributed by atoms with Gasteiger partial charge in [0.2, 0.25) is 5.91 Å². The topological polar surface area (TPSA) is 88.9 Å². The van der Waals surface area contributed by atoms with Crippen LogP contribution in [0.15, 0.2) is 53.7 Å². The van der Waals surface area contributed by atoms with E-state index in [-0.39, 0.29) is 34.5 Å². The predicted octanol–water partition coefficient (Wildman–Crippen LogP) is 4.95. The minimum absolute atomic E-state index is 0.0619. The summed E-state index contributed by atoms with van der Waals surface area (Å²) in [4.78, 5) is 25.1. The largest absolute Gasteiger partial charge is 0.342 e. The molecule has 1 atom stereocenters. The zero-order valence-electron chi connectivity index (χ0n) is 18.5. The van der Waals surface area contributed by atoms with Crippen molar-refractivity contribution >= 4 is 40.9 Å². The molecule has 0 spiro atoms. The van der Waals surface area contributed by atoms with Gasteiger partial charge in [-0.3, -0.25) is 9.59 Å². The molecule has 2 aromatic carbocycles. The fourth-order valence-electron chi connectivity index (χ4n) is 3.18. The molecular weight excluding hydrogens is 465 g/mol. The normalized spacial score (nSPS) is 11.9. The van der Waals surface area contributed by atoms with Crippen LogP contribution in [0.5, 0.6) is 0 Å². The number of nitrogens with zero attached hydrogens (tertiary/aromatic N) is 3. The van der Waals surface area contributed by atoms with Crippen molar-refractivity contribution in [2.45, 2.75) is 38.5 Å². The average molecular weight is 490 g/mol. The highest BCUT2D eigenvalue weighted by molar-refractivity contribution is 7.99. The minimum Gasteiger partial charge on any atom is -0.342 e. The third-order valence-corrected chi connectivity index (χ3v) is 6.12. The number of halogens is 2. The number of anilines is 1. The number of thioether (sulfide) groups is 1. The molecule has 0 aliphatic heterocycles. The lowest BCUT2D eigenvalue weighted by Crippen LogP contribution is -2.33. The molecule has 2 N–H and O–H groups in total. The molecule has 0 radical (unpaired) electrons. The fourth-order valence-corrected chi connectivity index (χ4v) is 4.17. The van der Waals surface area contributed by atoms with E-state index in [0.717, 1.165) is 0 Å². The van der Waals surface area contributed by atoms with Crippen LogP contribution in [0.4, 0.5) is 10.1 Å². The second-order valence-corrected chi connectivity index (χ2v) is 8.96. The smallest absolute Gasteiger partial charge is 0.251 e. The zero-order valence-corrected chi connectivity index (χ0v) is 20.1. The maximum Gasteiger partial charge on any atom is 0.251 e. The van der Waals surface area contributed by atoms with E-state index in [0.29, 0.717) is 28.8 Å². The van der Waals surface area contributed by atoms with Gasteiger partial charge in [0, 0.05) is 17.8 Å². The number of hydrogen-bond donors (Lipinski definition) is 2. The number of amides is 2. The Balaban J connectivity index is 1.70. The van der Waals surface area contributed by atoms with Crippen LogP contribution in [0.25, 0.3) is 0 Å². The maximum atomic E-state index is 13.3. The predicted molar refractivity (Wildman–Crippen MR) is 128 cm³/mol. The summed E-state index contributed by atoms with van der Waals surface area (Å²) in [6.07, 6.45) is 0. The molecule has 7 nitrogen and oxygen atoms in total. The Morgan fingerprint density at radius 3 is 2.52 bits per heavy atom. The van der Waals surface area contributed by atoms with E-state index in [1.807, 2.05) is 43.5 Å². The quantitative estimate of drug-likeness (QED) is 0.415. The van der Waals surface area contributed by atoms with Gasteiger partial charge in [0.15, 0.2) is 11.0 Å². The van der Waals surface area contributed by atoms with Gasteiger partial charge < -0.3 is 15.2 Å². The van der Waals surface area contributed by atoms with Crippen LogP contribution in [-0.2, 0) is 11.3 Å². The van der Waals surface area contributed by atoms with E-state index in [1.165, 1.54) is 30.0 Å². The first-order valence-corrected chi connectivity index (χ1v) is 11.8. The van der Waals surface area contributed by atoms with Crippen LogP contribution >= 0.6 is 23.4 Å². The number of carbonyl (C=O) groups excluding carboxylic acids is 2. The summed E-state index contributed by atoms with van der Waals surface area (Å²) in [6.45, 7) is 6.52. The summed E-state index contributed by atoms with van der Waals surface area (Å²) in [7, 11) is 0. The molecule has 0 fully saturated rings. The summed E-state index contributed by atoms with van der Waals surface area (Å²) in [6, 6.07) is 12.6. The summed E-state index contributed by atoms with van der Waals surface area (Å²) in [5, 5.41) is 14.8. The van der Waals surface area contributed by atoms with Gasteiger partial charge in [-0.15, -0.1) is 10.2 Å². The van der Waals surface area contributed by atoms with Gasteiger partial charge in [-0.05, 0) is 43.2 Å². The Hall–Kier alpha value is -2.91. The van der Waals surface area contributed by atoms with Crippen LogP contribution in [0.2, 0.25) is 5.02 Å². The molecule has 33 heavy (non-hydrogen) atoms. The highest BCUT2D eigenvalue weighted by Gasteiger charge is 2.26. The Morgan fingerprint density at radius 1 is 1.15 bits per heavy atom. The molecule has 0 saturated heterocycles. The molecular formula is C23H25ClFN5O2S. The van der Waals surface area contributed by atoms with Crippen molar-refractivity contribution in [3.8, 4) is 0 Å². The van der Waals surface area contributed by atoms with Crippen molar-refractivity contribution in [3.05, 3.63) is 70.8 Å². The lowest BCUT2D eigenvalue weighted by molar-refractivity contribution is -0.113. The van der Waals surface area contributed by atoms with Crippen LogP contribution < -0.4 is 10.6 Å². The monoisotopic (exact) mass is 489 g/mol. The molecule has 0 saturated carbocycles. The fraction of sp³-hybridized carbons (Fsp3) is 0.304. The first-order chi connectivity index (χ1) is 15.8. The van der Waals surface area contributed by atoms with E-state index in [2.05, 4.69) is 20.8 Å². The van der Waals surface area contributed by atoms with E-state index < -0.39 is 5.82 Å². The maximum absolute atomic E-state index is 13.3. The molecule has 10 heteroatoms. The highest BCUT2D eigenvalue weighted by Crippen LogP contribution is 2.26. The Kier molecular flexibility index (Phi) is 8.46. The van der Waals surface area contributed by atoms with Crippen molar-refractivity contribution in [1.82, 2.24) is 20.1 Å². The van der Waals surface area contributed by atoms with E-state index in [4.69, 9.17) is 11.6 Å². The van der Waals surface area contributed by atoms with Crippen LogP contribution in [0, 0.1) is 11.7 Å². The van der Waals surface area contributed by atoms with Gasteiger partial charge in [-0.2, -0.15) is 0 Å². The second kappa shape index (κ2) is 11.3. The van der Waals surface area contributed by atoms with Crippen LogP contribution in [-0.4, -0.2) is 32.3 Å². The van der Waals surface area contributed by atoms with Crippen molar-refractivity contribution in [2.75, 3.05) is 11.1 Å². The number of nitrogens with one attached hydrogen (secondary N) is 2. The first-order valence-electron chi connectivity index (χ1n) is 10.5. The number of rotatable bonds is 9. The zero-order chi connectivity index (χ0) is 24.0. The number of benzene rings is 2. The number of aromatic nitrogens is 3. The molecule has 1 aromatic heterocycles. The van der Waals surface area contributed by atoms with E-state index >= 15 is 0 Å². The third kappa shape index (κ3) is 6.33. The van der Waals surface area contributed by atoms with Gasteiger partial charge in [-0.1, -0.05) is 55.4 Å². The molecule has 0 bridgehead atoms. The van der Waals surface area contributed by atoms with Crippen molar-refractivity contribution < 1.29 is 14.0 Å². The van der Waals surface area contributed by atoms with E-state index in [9.17, 15) is 14.0 Å². The second-order valence-electron chi connectivity index (χ2n) is 7.61. The minimum atomic E-state index is -0.549. The highest BCUT2D eigenvalue weighted by atomic mass is 35.5. The van der Waals surface area contributed by atoms with Gasteiger partial charge in [0.25, 0.3) is 5.91 Å². The van der Waals surface area contributed by atoms with E-state index in [1.54, 1.807) is 12.1 Å². The number of hydrogen-bond acceptors (Lipinski definition) is 5. The summed E-state index contributed by atoms with van der Waals surface area (Å²) in [5.74, 6) is -0.247. The lowest BCUT2D eigenvalue weighted by atomic mass is 10.0. The summed E-state index contributed by atoms with van der Waals surface area (Å²) < 4.78 is 15.2. The molecule has 3 rings (SSSR count). The van der Waals surface area contributed by atoms with Gasteiger partial charge >= 0.3 is 0 Å². The van der Waals surface area contributed by atoms with Crippen LogP contribution in [0.1, 0.15) is 43.0 Å². The molecule has 174 valence electrons. The van der Waals surface area contributed by atoms with Gasteiger partial charge in [0.05, 0.1) is 16.8 Å². The molecule has 2 amide bonds. The SMILES string of the molecule is CCn1c(SCC(=O)Nc2ccc(F)c(Cl)c2)nnc1C(NC(=O)c1ccccc1)C(C)C. The summed E-state index contributed by atoms with van der Waals surface area (Å²) >= 11 is 6.99. The lowest BCUT2D eigenvalue weighted by Gasteiger charge is -2.22. The molecule has 1 heterocycles. The first kappa shape index (κ1) is 24.7. The standard InChI is InChI=1S/C23H25ClFN5O2S/c1-4-30-21(20(14(2)3)27-22(32)15-8-6-5-7-9-15)28-29-23(30)33-13-19(31)26-16-10-11-18(25)17(24)12-16/h5-12,14,20H,4,13H2,1-3H3,(H,26,31)(H,27,32). The summed E-state index contributed by atoms with van der Waals surface area (Å²) in [5.41, 5.74) is 0.978. The Morgan fingerprint density at radius 2 is 1.88 bits per heavy atom. The molecule has 3 aromatic rings. The van der Waals surface area contributed by atoms with Crippen molar-refractivity contribution in [1.29, 1.82) is 0 Å². The Labute approximate surface area is 201 Å². The van der Waals surface area contributed by atoms with Crippen LogP contribution in [0.3, 0.4) is 0 Å². The molecule has 1 unspecified atom stereocenters. The Bertz CT molecular complexity index is 1120. The van der Waals surface area contributed by atoms with Crippen molar-refractivity contribution in [2.24, 2.45) is 5.92 Å². The molecule has 0 aliphatic rings. The van der Waals surface area contributed by atoms with Gasteiger partial charge in [-0.25, -0.2) is 4.39 Å². The van der Waals surface area contributed by atoms with Gasteiger partial charge in [0.1, 0.15) is 5.82 Å². The number of carbonyl (C=O) groups is 2. The molecule has 0 aliphatic carbocycles. The van der Waals surface area contributed by atoms with Crippen molar-refractivity contribution in [3.63, 3.8) is 0 Å².